The summed E-state index contributed by atoms with van der Waals surface area (Å²) in [5.74, 6) is -3.28. The number of hydrogen-bond donors (Lipinski definition) is 1. The largest absolute Gasteiger partial charge is 0.478 e. The van der Waals surface area contributed by atoms with Gasteiger partial charge >= 0.3 is 11.9 Å². The number of carbonyl (C=O) groups is 4. The fourth-order valence-electron chi connectivity index (χ4n) is 2.08. The summed E-state index contributed by atoms with van der Waals surface area (Å²) in [6.45, 7) is 5.13. The van der Waals surface area contributed by atoms with Crippen LogP contribution in [-0.4, -0.2) is 34.7 Å². The summed E-state index contributed by atoms with van der Waals surface area (Å²) in [7, 11) is 0. The molecule has 2 atom stereocenters. The zero-order valence-electron chi connectivity index (χ0n) is 13.3. The molecule has 1 N–H and O–H groups in total. The molecular formula is C16H24O6. The van der Waals surface area contributed by atoms with Crippen molar-refractivity contribution in [2.75, 3.05) is 0 Å². The summed E-state index contributed by atoms with van der Waals surface area (Å²) in [6, 6.07) is 0. The standard InChI is InChI=1S/C16H24O6/c1-4-6-7-12(5-2)14(10-13(18)11(3)17)22-16(21)9-8-15(19)20/h8-9,12,14H,4-7,10H2,1-3H3,(H,19,20)/b9-8-. The third-order valence-corrected chi connectivity index (χ3v) is 3.39. The van der Waals surface area contributed by atoms with E-state index < -0.39 is 29.6 Å². The summed E-state index contributed by atoms with van der Waals surface area (Å²) in [5.41, 5.74) is 0. The zero-order valence-corrected chi connectivity index (χ0v) is 13.3. The average molecular weight is 312 g/mol. The highest BCUT2D eigenvalue weighted by Crippen LogP contribution is 2.22. The Balaban J connectivity index is 4.97. The molecule has 0 amide bonds. The van der Waals surface area contributed by atoms with E-state index in [1.807, 2.05) is 13.8 Å². The van der Waals surface area contributed by atoms with Crippen LogP contribution < -0.4 is 0 Å². The van der Waals surface area contributed by atoms with Crippen LogP contribution >= 0.6 is 0 Å². The molecule has 6 nitrogen and oxygen atoms in total. The predicted molar refractivity (Wildman–Crippen MR) is 80.3 cm³/mol. The van der Waals surface area contributed by atoms with Gasteiger partial charge in [0.2, 0.25) is 5.78 Å². The first-order valence-electron chi connectivity index (χ1n) is 7.47. The molecule has 0 fully saturated rings. The van der Waals surface area contributed by atoms with Crippen LogP contribution in [0.3, 0.4) is 0 Å². The van der Waals surface area contributed by atoms with Crippen molar-refractivity contribution in [1.82, 2.24) is 0 Å². The Labute approximate surface area is 130 Å². The summed E-state index contributed by atoms with van der Waals surface area (Å²) in [5, 5.41) is 8.49. The molecule has 6 heteroatoms. The van der Waals surface area contributed by atoms with Crippen LogP contribution in [0.5, 0.6) is 0 Å². The van der Waals surface area contributed by atoms with E-state index in [1.54, 1.807) is 0 Å². The van der Waals surface area contributed by atoms with Crippen LogP contribution in [0.1, 0.15) is 52.9 Å². The van der Waals surface area contributed by atoms with Crippen molar-refractivity contribution in [3.05, 3.63) is 12.2 Å². The number of carboxylic acids is 1. The topological polar surface area (TPSA) is 97.7 Å². The van der Waals surface area contributed by atoms with Crippen LogP contribution in [0.25, 0.3) is 0 Å². The Morgan fingerprint density at radius 3 is 2.23 bits per heavy atom. The molecule has 0 saturated carbocycles. The fourth-order valence-corrected chi connectivity index (χ4v) is 2.08. The third-order valence-electron chi connectivity index (χ3n) is 3.39. The van der Waals surface area contributed by atoms with Gasteiger partial charge in [-0.1, -0.05) is 26.7 Å². The maximum Gasteiger partial charge on any atom is 0.331 e. The molecule has 0 aromatic heterocycles. The number of Topliss-reactive ketones (excluding diaryl/α,β-unsaturated/α-hetero) is 2. The van der Waals surface area contributed by atoms with Gasteiger partial charge in [0, 0.05) is 19.1 Å². The first kappa shape index (κ1) is 20.0. The molecule has 0 spiro atoms. The van der Waals surface area contributed by atoms with Gasteiger partial charge < -0.3 is 9.84 Å². The number of ether oxygens (including phenoxy) is 1. The molecular weight excluding hydrogens is 288 g/mol. The number of rotatable bonds is 11. The van der Waals surface area contributed by atoms with E-state index in [0.717, 1.165) is 25.3 Å². The van der Waals surface area contributed by atoms with Gasteiger partial charge in [-0.25, -0.2) is 9.59 Å². The molecule has 0 heterocycles. The summed E-state index contributed by atoms with van der Waals surface area (Å²) >= 11 is 0. The smallest absolute Gasteiger partial charge is 0.331 e. The van der Waals surface area contributed by atoms with Gasteiger partial charge in [-0.2, -0.15) is 0 Å². The van der Waals surface area contributed by atoms with E-state index in [2.05, 4.69) is 0 Å². The number of unbranched alkanes of at least 4 members (excludes halogenated alkanes) is 1. The predicted octanol–water partition coefficient (Wildman–Crippen LogP) is 2.30. The second-order valence-corrected chi connectivity index (χ2v) is 5.14. The Morgan fingerprint density at radius 1 is 1.14 bits per heavy atom. The molecule has 22 heavy (non-hydrogen) atoms. The SMILES string of the molecule is CCCCC(CC)C(CC(=O)C(C)=O)OC(=O)/C=C\C(=O)O. The van der Waals surface area contributed by atoms with Crippen molar-refractivity contribution in [2.45, 2.75) is 59.0 Å². The van der Waals surface area contributed by atoms with Crippen molar-refractivity contribution in [1.29, 1.82) is 0 Å². The van der Waals surface area contributed by atoms with Gasteiger partial charge in [0.05, 0.1) is 6.42 Å². The van der Waals surface area contributed by atoms with E-state index in [4.69, 9.17) is 9.84 Å². The minimum atomic E-state index is -1.26. The van der Waals surface area contributed by atoms with Crippen LogP contribution in [0, 0.1) is 5.92 Å². The van der Waals surface area contributed by atoms with Gasteiger partial charge in [0.15, 0.2) is 5.78 Å². The highest BCUT2D eigenvalue weighted by molar-refractivity contribution is 6.36. The van der Waals surface area contributed by atoms with Gasteiger partial charge in [-0.15, -0.1) is 0 Å². The number of esters is 1. The zero-order chi connectivity index (χ0) is 17.1. The fraction of sp³-hybridized carbons (Fsp3) is 0.625. The monoisotopic (exact) mass is 312 g/mol. The molecule has 2 unspecified atom stereocenters. The molecule has 0 aliphatic rings. The van der Waals surface area contributed by atoms with Crippen molar-refractivity contribution in [3.8, 4) is 0 Å². The lowest BCUT2D eigenvalue weighted by Gasteiger charge is -2.25. The lowest BCUT2D eigenvalue weighted by Crippen LogP contribution is -2.30. The molecule has 0 aromatic rings. The Bertz CT molecular complexity index is 438. The average Bonchev–Trinajstić information content (AvgIpc) is 2.45. The summed E-state index contributed by atoms with van der Waals surface area (Å²) in [6.07, 6.45) is 3.98. The Hall–Kier alpha value is -1.98. The molecule has 0 saturated heterocycles. The van der Waals surface area contributed by atoms with E-state index in [9.17, 15) is 19.2 Å². The van der Waals surface area contributed by atoms with Crippen molar-refractivity contribution in [2.24, 2.45) is 5.92 Å². The Kier molecular flexibility index (Phi) is 9.74. The van der Waals surface area contributed by atoms with Crippen molar-refractivity contribution >= 4 is 23.5 Å². The number of carboxylic acid groups (broad SMARTS) is 1. The van der Waals surface area contributed by atoms with E-state index in [0.29, 0.717) is 12.5 Å². The number of carbonyl (C=O) groups excluding carboxylic acids is 3. The third kappa shape index (κ3) is 8.34. The normalized spacial score (nSPS) is 13.6. The first-order chi connectivity index (χ1) is 10.3. The van der Waals surface area contributed by atoms with Crippen LogP contribution in [-0.2, 0) is 23.9 Å². The quantitative estimate of drug-likeness (QED) is 0.357. The number of aliphatic carboxylic acids is 1. The second kappa shape index (κ2) is 10.7. The lowest BCUT2D eigenvalue weighted by molar-refractivity contribution is -0.149. The lowest BCUT2D eigenvalue weighted by atomic mass is 9.90. The van der Waals surface area contributed by atoms with Crippen molar-refractivity contribution in [3.63, 3.8) is 0 Å². The number of ketones is 2. The number of hydrogen-bond acceptors (Lipinski definition) is 5. The van der Waals surface area contributed by atoms with Crippen LogP contribution in [0.15, 0.2) is 12.2 Å². The first-order valence-corrected chi connectivity index (χ1v) is 7.47. The van der Waals surface area contributed by atoms with E-state index >= 15 is 0 Å². The molecule has 0 aromatic carbocycles. The van der Waals surface area contributed by atoms with Gasteiger partial charge in [-0.3, -0.25) is 9.59 Å². The van der Waals surface area contributed by atoms with Gasteiger partial charge in [-0.05, 0) is 18.8 Å². The highest BCUT2D eigenvalue weighted by Gasteiger charge is 2.27. The van der Waals surface area contributed by atoms with Crippen LogP contribution in [0.2, 0.25) is 0 Å². The minimum Gasteiger partial charge on any atom is -0.478 e. The van der Waals surface area contributed by atoms with E-state index in [1.165, 1.54) is 6.92 Å². The highest BCUT2D eigenvalue weighted by atomic mass is 16.5. The van der Waals surface area contributed by atoms with Gasteiger partial charge in [0.1, 0.15) is 6.10 Å². The van der Waals surface area contributed by atoms with E-state index in [-0.39, 0.29) is 12.3 Å². The maximum absolute atomic E-state index is 11.6. The van der Waals surface area contributed by atoms with Gasteiger partial charge in [0.25, 0.3) is 0 Å². The molecule has 124 valence electrons. The molecule has 0 rings (SSSR count). The molecule has 0 aliphatic carbocycles. The second-order valence-electron chi connectivity index (χ2n) is 5.14. The summed E-state index contributed by atoms with van der Waals surface area (Å²) in [4.78, 5) is 44.8. The Morgan fingerprint density at radius 2 is 1.77 bits per heavy atom. The molecule has 0 radical (unpaired) electrons. The minimum absolute atomic E-state index is 0.0366. The molecule has 0 aliphatic heterocycles. The van der Waals surface area contributed by atoms with Crippen LogP contribution in [0.4, 0.5) is 0 Å². The van der Waals surface area contributed by atoms with Crippen molar-refractivity contribution < 1.29 is 29.0 Å². The summed E-state index contributed by atoms with van der Waals surface area (Å²) < 4.78 is 5.21. The maximum atomic E-state index is 11.6. The molecule has 0 bridgehead atoms.